The molecule has 1 aromatic rings. The number of carbonyl (C=O) groups excluding carboxylic acids is 1. The Hall–Kier alpha value is -1.51. The molecule has 0 radical (unpaired) electrons. The molecule has 0 bridgehead atoms. The van der Waals surface area contributed by atoms with E-state index in [0.717, 1.165) is 25.1 Å². The fourth-order valence-electron chi connectivity index (χ4n) is 2.23. The molecule has 1 saturated carbocycles. The lowest BCUT2D eigenvalue weighted by atomic mass is 10.1. The Kier molecular flexibility index (Phi) is 2.35. The minimum atomic E-state index is 0.0628. The van der Waals surface area contributed by atoms with Crippen LogP contribution in [0.2, 0.25) is 0 Å². The first-order valence-corrected chi connectivity index (χ1v) is 6.31. The monoisotopic (exact) mass is 230 g/mol. The van der Waals surface area contributed by atoms with Crippen LogP contribution in [0.4, 0.5) is 5.69 Å². The summed E-state index contributed by atoms with van der Waals surface area (Å²) in [5, 5.41) is 6.33. The van der Waals surface area contributed by atoms with Gasteiger partial charge >= 0.3 is 0 Å². The predicted octanol–water partition coefficient (Wildman–Crippen LogP) is 2.18. The molecule has 0 unspecified atom stereocenters. The highest BCUT2D eigenvalue weighted by Crippen LogP contribution is 2.44. The summed E-state index contributed by atoms with van der Waals surface area (Å²) in [4.78, 5) is 12.0. The molecule has 0 atom stereocenters. The van der Waals surface area contributed by atoms with Crippen molar-refractivity contribution in [3.63, 3.8) is 0 Å². The molecule has 90 valence electrons. The molecule has 0 spiro atoms. The number of hydrogen-bond donors (Lipinski definition) is 2. The zero-order valence-corrected chi connectivity index (χ0v) is 10.2. The summed E-state index contributed by atoms with van der Waals surface area (Å²) in [6.07, 6.45) is 3.50. The van der Waals surface area contributed by atoms with Crippen LogP contribution in [0.5, 0.6) is 0 Å². The van der Waals surface area contributed by atoms with Crippen molar-refractivity contribution in [3.8, 4) is 0 Å². The average Bonchev–Trinajstić information content (AvgIpc) is 2.90. The maximum atomic E-state index is 12.0. The largest absolute Gasteiger partial charge is 0.384 e. The summed E-state index contributed by atoms with van der Waals surface area (Å²) in [5.74, 6) is 0.0628. The molecule has 0 saturated heterocycles. The smallest absolute Gasteiger partial charge is 0.251 e. The zero-order valence-electron chi connectivity index (χ0n) is 10.2. The van der Waals surface area contributed by atoms with Gasteiger partial charge in [-0.25, -0.2) is 0 Å². The van der Waals surface area contributed by atoms with Crippen molar-refractivity contribution >= 4 is 11.6 Å². The van der Waals surface area contributed by atoms with Crippen molar-refractivity contribution in [2.24, 2.45) is 5.41 Å². The van der Waals surface area contributed by atoms with Gasteiger partial charge in [-0.2, -0.15) is 0 Å². The first kappa shape index (κ1) is 10.6. The zero-order chi connectivity index (χ0) is 11.9. The Labute approximate surface area is 102 Å². The maximum absolute atomic E-state index is 12.0. The van der Waals surface area contributed by atoms with Crippen LogP contribution in [0, 0.1) is 5.41 Å². The molecular weight excluding hydrogens is 212 g/mol. The molecule has 1 aliphatic heterocycles. The Morgan fingerprint density at radius 3 is 3.06 bits per heavy atom. The lowest BCUT2D eigenvalue weighted by molar-refractivity contribution is 0.0946. The van der Waals surface area contributed by atoms with Gasteiger partial charge in [-0.05, 0) is 48.4 Å². The lowest BCUT2D eigenvalue weighted by Gasteiger charge is -2.10. The van der Waals surface area contributed by atoms with Gasteiger partial charge in [-0.1, -0.05) is 6.92 Å². The highest BCUT2D eigenvalue weighted by Gasteiger charge is 2.37. The molecule has 1 fully saturated rings. The first-order valence-electron chi connectivity index (χ1n) is 6.31. The average molecular weight is 230 g/mol. The second kappa shape index (κ2) is 3.76. The third-order valence-corrected chi connectivity index (χ3v) is 3.86. The summed E-state index contributed by atoms with van der Waals surface area (Å²) < 4.78 is 0. The second-order valence-electron chi connectivity index (χ2n) is 5.54. The molecule has 2 aliphatic rings. The maximum Gasteiger partial charge on any atom is 0.251 e. The van der Waals surface area contributed by atoms with Crippen LogP contribution in [-0.4, -0.2) is 19.0 Å². The minimum absolute atomic E-state index is 0.0628. The highest BCUT2D eigenvalue weighted by molar-refractivity contribution is 5.95. The molecule has 1 aromatic carbocycles. The molecule has 0 aromatic heterocycles. The summed E-state index contributed by atoms with van der Waals surface area (Å²) in [7, 11) is 0. The van der Waals surface area contributed by atoms with Gasteiger partial charge < -0.3 is 10.6 Å². The van der Waals surface area contributed by atoms with E-state index in [2.05, 4.69) is 17.6 Å². The van der Waals surface area contributed by atoms with Gasteiger partial charge in [-0.3, -0.25) is 4.79 Å². The molecule has 1 heterocycles. The van der Waals surface area contributed by atoms with E-state index in [1.54, 1.807) is 0 Å². The van der Waals surface area contributed by atoms with Crippen molar-refractivity contribution in [2.45, 2.75) is 26.2 Å². The van der Waals surface area contributed by atoms with Crippen molar-refractivity contribution in [1.29, 1.82) is 0 Å². The van der Waals surface area contributed by atoms with Gasteiger partial charge in [-0.15, -0.1) is 0 Å². The minimum Gasteiger partial charge on any atom is -0.384 e. The van der Waals surface area contributed by atoms with E-state index < -0.39 is 0 Å². The van der Waals surface area contributed by atoms with Crippen molar-refractivity contribution in [3.05, 3.63) is 29.3 Å². The third-order valence-electron chi connectivity index (χ3n) is 3.86. The van der Waals surface area contributed by atoms with Gasteiger partial charge in [0.05, 0.1) is 0 Å². The molecule has 3 rings (SSSR count). The van der Waals surface area contributed by atoms with Crippen LogP contribution in [-0.2, 0) is 6.42 Å². The topological polar surface area (TPSA) is 41.1 Å². The standard InChI is InChI=1S/C14H18N2O/c1-14(5-6-14)9-16-13(17)11-2-3-12-10(8-11)4-7-15-12/h2-3,8,15H,4-7,9H2,1H3,(H,16,17). The molecule has 1 aliphatic carbocycles. The lowest BCUT2D eigenvalue weighted by Crippen LogP contribution is -2.28. The number of amides is 1. The van der Waals surface area contributed by atoms with E-state index >= 15 is 0 Å². The van der Waals surface area contributed by atoms with Crippen molar-refractivity contribution in [1.82, 2.24) is 5.32 Å². The summed E-state index contributed by atoms with van der Waals surface area (Å²) in [6, 6.07) is 5.93. The second-order valence-corrected chi connectivity index (χ2v) is 5.54. The van der Waals surface area contributed by atoms with Gasteiger partial charge in [0.25, 0.3) is 5.91 Å². The van der Waals surface area contributed by atoms with Gasteiger partial charge in [0.2, 0.25) is 0 Å². The van der Waals surface area contributed by atoms with E-state index in [-0.39, 0.29) is 5.91 Å². The fourth-order valence-corrected chi connectivity index (χ4v) is 2.23. The molecular formula is C14H18N2O. The molecule has 3 nitrogen and oxygen atoms in total. The first-order chi connectivity index (χ1) is 8.16. The normalized spacial score (nSPS) is 19.4. The number of anilines is 1. The van der Waals surface area contributed by atoms with Crippen LogP contribution in [0.15, 0.2) is 18.2 Å². The van der Waals surface area contributed by atoms with Crippen LogP contribution < -0.4 is 10.6 Å². The van der Waals surface area contributed by atoms with Crippen molar-refractivity contribution < 1.29 is 4.79 Å². The Bertz CT molecular complexity index is 463. The Morgan fingerprint density at radius 2 is 2.29 bits per heavy atom. The number of carbonyl (C=O) groups is 1. The number of nitrogens with one attached hydrogen (secondary N) is 2. The summed E-state index contributed by atoms with van der Waals surface area (Å²) in [6.45, 7) is 4.01. The number of hydrogen-bond acceptors (Lipinski definition) is 2. The van der Waals surface area contributed by atoms with Crippen LogP contribution in [0.1, 0.15) is 35.7 Å². The van der Waals surface area contributed by atoms with E-state index in [0.29, 0.717) is 5.41 Å². The molecule has 17 heavy (non-hydrogen) atoms. The van der Waals surface area contributed by atoms with Crippen molar-refractivity contribution in [2.75, 3.05) is 18.4 Å². The van der Waals surface area contributed by atoms with Crippen LogP contribution >= 0.6 is 0 Å². The Balaban J connectivity index is 1.68. The predicted molar refractivity (Wildman–Crippen MR) is 68.3 cm³/mol. The number of benzene rings is 1. The van der Waals surface area contributed by atoms with E-state index in [9.17, 15) is 4.79 Å². The molecule has 1 amide bonds. The Morgan fingerprint density at radius 1 is 1.47 bits per heavy atom. The van der Waals surface area contributed by atoms with Crippen LogP contribution in [0.25, 0.3) is 0 Å². The molecule has 2 N–H and O–H groups in total. The summed E-state index contributed by atoms with van der Waals surface area (Å²) >= 11 is 0. The third kappa shape index (κ3) is 2.14. The van der Waals surface area contributed by atoms with Crippen LogP contribution in [0.3, 0.4) is 0 Å². The van der Waals surface area contributed by atoms with Gasteiger partial charge in [0.15, 0.2) is 0 Å². The quantitative estimate of drug-likeness (QED) is 0.835. The molecule has 3 heteroatoms. The van der Waals surface area contributed by atoms with E-state index in [4.69, 9.17) is 0 Å². The van der Waals surface area contributed by atoms with Gasteiger partial charge in [0, 0.05) is 24.3 Å². The van der Waals surface area contributed by atoms with E-state index in [1.807, 2.05) is 18.2 Å². The summed E-state index contributed by atoms with van der Waals surface area (Å²) in [5.41, 5.74) is 3.59. The number of rotatable bonds is 3. The highest BCUT2D eigenvalue weighted by atomic mass is 16.1. The van der Waals surface area contributed by atoms with Gasteiger partial charge in [0.1, 0.15) is 0 Å². The SMILES string of the molecule is CC1(CNC(=O)c2ccc3c(c2)CCN3)CC1. The fraction of sp³-hybridized carbons (Fsp3) is 0.500. The van der Waals surface area contributed by atoms with E-state index in [1.165, 1.54) is 24.1 Å². The number of fused-ring (bicyclic) bond motifs is 1.